The molecule has 6 heteroatoms. The first-order valence-corrected chi connectivity index (χ1v) is 6.56. The molecular formula is C13H10FN3OS. The van der Waals surface area contributed by atoms with Gasteiger partial charge in [0.25, 0.3) is 5.91 Å². The molecular weight excluding hydrogens is 265 g/mol. The lowest BCUT2D eigenvalue weighted by Crippen LogP contribution is -2.23. The molecule has 0 aliphatic carbocycles. The van der Waals surface area contributed by atoms with Gasteiger partial charge in [0.1, 0.15) is 5.82 Å². The zero-order valence-corrected chi connectivity index (χ0v) is 10.7. The van der Waals surface area contributed by atoms with Crippen molar-refractivity contribution in [3.63, 3.8) is 0 Å². The highest BCUT2D eigenvalue weighted by molar-refractivity contribution is 7.15. The summed E-state index contributed by atoms with van der Waals surface area (Å²) in [5, 5.41) is 4.59. The van der Waals surface area contributed by atoms with E-state index in [2.05, 4.69) is 10.3 Å². The summed E-state index contributed by atoms with van der Waals surface area (Å²) in [4.78, 5) is 17.0. The average Bonchev–Trinajstić information content (AvgIpc) is 2.97. The minimum atomic E-state index is -0.522. The van der Waals surface area contributed by atoms with E-state index >= 15 is 0 Å². The van der Waals surface area contributed by atoms with E-state index in [1.165, 1.54) is 23.5 Å². The summed E-state index contributed by atoms with van der Waals surface area (Å²) in [6.07, 6.45) is 3.74. The molecule has 4 nitrogen and oxygen atoms in total. The second-order valence-corrected chi connectivity index (χ2v) is 4.86. The number of rotatable bonds is 3. The first kappa shape index (κ1) is 11.9. The number of nitrogens with one attached hydrogen (secondary N) is 1. The molecule has 0 aliphatic heterocycles. The number of thiazole rings is 1. The fraction of sp³-hybridized carbons (Fsp3) is 0.0769. The van der Waals surface area contributed by atoms with Gasteiger partial charge in [-0.1, -0.05) is 12.1 Å². The van der Waals surface area contributed by atoms with Crippen LogP contribution < -0.4 is 5.32 Å². The van der Waals surface area contributed by atoms with Gasteiger partial charge < -0.3 is 5.32 Å². The standard InChI is InChI=1S/C13H10FN3OS/c14-11-4-2-1-3-10(11)12(18)15-7-9-8-17-5-6-19-13(17)16-9/h1-6,8H,7H2,(H,15,18). The molecule has 0 bridgehead atoms. The van der Waals surface area contributed by atoms with Crippen LogP contribution >= 0.6 is 11.3 Å². The Balaban J connectivity index is 1.71. The van der Waals surface area contributed by atoms with Crippen LogP contribution in [0.15, 0.2) is 42.0 Å². The maximum Gasteiger partial charge on any atom is 0.254 e. The smallest absolute Gasteiger partial charge is 0.254 e. The van der Waals surface area contributed by atoms with Crippen LogP contribution in [-0.4, -0.2) is 15.3 Å². The highest BCUT2D eigenvalue weighted by Crippen LogP contribution is 2.11. The fourth-order valence-electron chi connectivity index (χ4n) is 1.77. The number of benzene rings is 1. The van der Waals surface area contributed by atoms with Gasteiger partial charge in [0.05, 0.1) is 17.8 Å². The summed E-state index contributed by atoms with van der Waals surface area (Å²) < 4.78 is 15.3. The van der Waals surface area contributed by atoms with Crippen LogP contribution in [0.4, 0.5) is 4.39 Å². The van der Waals surface area contributed by atoms with Gasteiger partial charge in [0, 0.05) is 17.8 Å². The third kappa shape index (κ3) is 2.34. The first-order valence-electron chi connectivity index (χ1n) is 5.68. The highest BCUT2D eigenvalue weighted by Gasteiger charge is 2.11. The number of amides is 1. The lowest BCUT2D eigenvalue weighted by Gasteiger charge is -2.03. The molecule has 0 unspecified atom stereocenters. The molecule has 3 aromatic rings. The van der Waals surface area contributed by atoms with Crippen molar-refractivity contribution in [1.82, 2.24) is 14.7 Å². The predicted octanol–water partition coefficient (Wildman–Crippen LogP) is 2.46. The van der Waals surface area contributed by atoms with Crippen LogP contribution in [0.1, 0.15) is 16.1 Å². The van der Waals surface area contributed by atoms with E-state index in [1.807, 2.05) is 22.2 Å². The third-order valence-corrected chi connectivity index (χ3v) is 3.46. The van der Waals surface area contributed by atoms with Crippen molar-refractivity contribution in [1.29, 1.82) is 0 Å². The van der Waals surface area contributed by atoms with E-state index in [1.54, 1.807) is 12.1 Å². The molecule has 1 N–H and O–H groups in total. The Hall–Kier alpha value is -2.21. The van der Waals surface area contributed by atoms with Gasteiger partial charge in [-0.25, -0.2) is 9.37 Å². The van der Waals surface area contributed by atoms with Crippen LogP contribution in [0.5, 0.6) is 0 Å². The normalized spacial score (nSPS) is 10.8. The molecule has 2 aromatic heterocycles. The summed E-state index contributed by atoms with van der Waals surface area (Å²) in [5.41, 5.74) is 0.792. The molecule has 3 rings (SSSR count). The molecule has 1 aromatic carbocycles. The molecule has 2 heterocycles. The lowest BCUT2D eigenvalue weighted by atomic mass is 10.2. The summed E-state index contributed by atoms with van der Waals surface area (Å²) in [6.45, 7) is 0.279. The van der Waals surface area contributed by atoms with Crippen molar-refractivity contribution in [3.8, 4) is 0 Å². The minimum absolute atomic E-state index is 0.0449. The number of imidazole rings is 1. The number of fused-ring (bicyclic) bond motifs is 1. The molecule has 0 aliphatic rings. The van der Waals surface area contributed by atoms with Crippen LogP contribution in [0.2, 0.25) is 0 Å². The lowest BCUT2D eigenvalue weighted by molar-refractivity contribution is 0.0946. The Bertz CT molecular complexity index is 706. The topological polar surface area (TPSA) is 46.4 Å². The van der Waals surface area contributed by atoms with E-state index in [-0.39, 0.29) is 12.1 Å². The van der Waals surface area contributed by atoms with Gasteiger partial charge in [-0.05, 0) is 12.1 Å². The van der Waals surface area contributed by atoms with Gasteiger partial charge in [0.2, 0.25) is 0 Å². The number of nitrogens with zero attached hydrogens (tertiary/aromatic N) is 2. The Morgan fingerprint density at radius 1 is 1.42 bits per heavy atom. The fourth-order valence-corrected chi connectivity index (χ4v) is 2.49. The zero-order valence-electron chi connectivity index (χ0n) is 9.84. The van der Waals surface area contributed by atoms with Crippen molar-refractivity contribution >= 4 is 22.2 Å². The van der Waals surface area contributed by atoms with Crippen LogP contribution in [-0.2, 0) is 6.54 Å². The van der Waals surface area contributed by atoms with Gasteiger partial charge in [-0.3, -0.25) is 9.20 Å². The number of aromatic nitrogens is 2. The van der Waals surface area contributed by atoms with Crippen LogP contribution in [0.3, 0.4) is 0 Å². The van der Waals surface area contributed by atoms with E-state index in [0.29, 0.717) is 0 Å². The van der Waals surface area contributed by atoms with E-state index in [4.69, 9.17) is 0 Å². The number of hydrogen-bond acceptors (Lipinski definition) is 3. The zero-order chi connectivity index (χ0) is 13.2. The Labute approximate surface area is 112 Å². The number of carbonyl (C=O) groups is 1. The van der Waals surface area contributed by atoms with Crippen molar-refractivity contribution in [2.75, 3.05) is 0 Å². The average molecular weight is 275 g/mol. The molecule has 0 radical (unpaired) electrons. The number of carbonyl (C=O) groups excluding carboxylic acids is 1. The quantitative estimate of drug-likeness (QED) is 0.798. The highest BCUT2D eigenvalue weighted by atomic mass is 32.1. The maximum atomic E-state index is 13.4. The second-order valence-electron chi connectivity index (χ2n) is 3.99. The van der Waals surface area contributed by atoms with Gasteiger partial charge in [0.15, 0.2) is 4.96 Å². The summed E-state index contributed by atoms with van der Waals surface area (Å²) in [7, 11) is 0. The van der Waals surface area contributed by atoms with Crippen molar-refractivity contribution in [2.24, 2.45) is 0 Å². The predicted molar refractivity (Wildman–Crippen MR) is 70.6 cm³/mol. The van der Waals surface area contributed by atoms with E-state index in [0.717, 1.165) is 10.7 Å². The van der Waals surface area contributed by atoms with Crippen molar-refractivity contribution in [2.45, 2.75) is 6.54 Å². The third-order valence-electron chi connectivity index (χ3n) is 2.69. The molecule has 0 atom stereocenters. The Kier molecular flexibility index (Phi) is 3.00. The molecule has 96 valence electrons. The summed E-state index contributed by atoms with van der Waals surface area (Å²) >= 11 is 1.52. The monoisotopic (exact) mass is 275 g/mol. The van der Waals surface area contributed by atoms with Crippen LogP contribution in [0.25, 0.3) is 4.96 Å². The van der Waals surface area contributed by atoms with Gasteiger partial charge in [-0.2, -0.15) is 0 Å². The molecule has 0 saturated carbocycles. The molecule has 0 spiro atoms. The first-order chi connectivity index (χ1) is 9.24. The Morgan fingerprint density at radius 3 is 3.05 bits per heavy atom. The largest absolute Gasteiger partial charge is 0.346 e. The van der Waals surface area contributed by atoms with Crippen molar-refractivity contribution in [3.05, 3.63) is 59.1 Å². The molecule has 0 fully saturated rings. The maximum absolute atomic E-state index is 13.4. The van der Waals surface area contributed by atoms with Gasteiger partial charge in [-0.15, -0.1) is 11.3 Å². The van der Waals surface area contributed by atoms with Gasteiger partial charge >= 0.3 is 0 Å². The summed E-state index contributed by atoms with van der Waals surface area (Å²) in [5.74, 6) is -0.958. The Morgan fingerprint density at radius 2 is 2.26 bits per heavy atom. The number of halogens is 1. The second kappa shape index (κ2) is 4.81. The van der Waals surface area contributed by atoms with E-state index < -0.39 is 11.7 Å². The summed E-state index contributed by atoms with van der Waals surface area (Å²) in [6, 6.07) is 5.90. The number of hydrogen-bond donors (Lipinski definition) is 1. The molecule has 19 heavy (non-hydrogen) atoms. The molecule has 1 amide bonds. The van der Waals surface area contributed by atoms with Crippen LogP contribution in [0, 0.1) is 5.82 Å². The van der Waals surface area contributed by atoms with Crippen molar-refractivity contribution < 1.29 is 9.18 Å². The minimum Gasteiger partial charge on any atom is -0.346 e. The molecule has 0 saturated heterocycles. The SMILES string of the molecule is O=C(NCc1cn2ccsc2n1)c1ccccc1F. The van der Waals surface area contributed by atoms with E-state index in [9.17, 15) is 9.18 Å².